The lowest BCUT2D eigenvalue weighted by atomic mass is 10.0. The highest BCUT2D eigenvalue weighted by molar-refractivity contribution is 4.50. The summed E-state index contributed by atoms with van der Waals surface area (Å²) in [4.78, 5) is 0. The van der Waals surface area contributed by atoms with Gasteiger partial charge in [0.25, 0.3) is 0 Å². The van der Waals surface area contributed by atoms with Gasteiger partial charge in [0.1, 0.15) is 0 Å². The maximum Gasteiger partial charge on any atom is -0.0533 e. The van der Waals surface area contributed by atoms with Crippen LogP contribution in [0.5, 0.6) is 0 Å². The summed E-state index contributed by atoms with van der Waals surface area (Å²) in [5.41, 5.74) is 0. The molecule has 0 N–H and O–H groups in total. The zero-order valence-electron chi connectivity index (χ0n) is 11.7. The van der Waals surface area contributed by atoms with Crippen LogP contribution in [-0.2, 0) is 0 Å². The van der Waals surface area contributed by atoms with Gasteiger partial charge in [-0.1, -0.05) is 92.9 Å². The van der Waals surface area contributed by atoms with E-state index >= 15 is 0 Å². The number of hydrogen-bond acceptors (Lipinski definition) is 0. The maximum absolute atomic E-state index is 2.23. The Hall–Kier alpha value is 0. The summed E-state index contributed by atoms with van der Waals surface area (Å²) in [6, 6.07) is 0. The van der Waals surface area contributed by atoms with Crippen molar-refractivity contribution in [3.63, 3.8) is 0 Å². The van der Waals surface area contributed by atoms with Crippen LogP contribution in [0, 0.1) is 0 Å². The Morgan fingerprint density at radius 3 is 0.857 bits per heavy atom. The summed E-state index contributed by atoms with van der Waals surface area (Å²) in [6.45, 7) is 12.5. The van der Waals surface area contributed by atoms with Gasteiger partial charge in [0.05, 0.1) is 0 Å². The van der Waals surface area contributed by atoms with Gasteiger partial charge in [-0.2, -0.15) is 0 Å². The molecule has 0 spiro atoms. The summed E-state index contributed by atoms with van der Waals surface area (Å²) >= 11 is 0. The van der Waals surface area contributed by atoms with E-state index in [0.717, 1.165) is 0 Å². The van der Waals surface area contributed by atoms with Gasteiger partial charge in [-0.05, 0) is 0 Å². The van der Waals surface area contributed by atoms with Crippen LogP contribution in [-0.4, -0.2) is 0 Å². The Bertz CT molecular complexity index is 36.0. The molecule has 0 heterocycles. The van der Waals surface area contributed by atoms with Gasteiger partial charge in [-0.15, -0.1) is 0 Å². The number of rotatable bonds is 3. The molecule has 0 atom stereocenters. The van der Waals surface area contributed by atoms with E-state index < -0.39 is 0 Å². The molecule has 0 aromatic heterocycles. The normalized spacial score (nSPS) is 11.6. The van der Waals surface area contributed by atoms with Crippen LogP contribution in [0.3, 0.4) is 0 Å². The molecule has 0 unspecified atom stereocenters. The minimum Gasteiger partial charge on any atom is -0.0683 e. The molecule has 90 valence electrons. The van der Waals surface area contributed by atoms with Gasteiger partial charge >= 0.3 is 0 Å². The molecule has 1 saturated carbocycles. The highest BCUT2D eigenvalue weighted by Crippen LogP contribution is 2.15. The van der Waals surface area contributed by atoms with E-state index in [4.69, 9.17) is 0 Å². The molecule has 0 radical (unpaired) electrons. The fraction of sp³-hybridized carbons (Fsp3) is 1.00. The van der Waals surface area contributed by atoms with Crippen LogP contribution in [0.25, 0.3) is 0 Å². The summed E-state index contributed by atoms with van der Waals surface area (Å²) in [6.07, 6.45) is 11.5. The Balaban J connectivity index is -0.000000131. The molecule has 1 aliphatic carbocycles. The van der Waals surface area contributed by atoms with E-state index in [1.165, 1.54) is 51.4 Å². The zero-order chi connectivity index (χ0) is 11.7. The van der Waals surface area contributed by atoms with Crippen molar-refractivity contribution in [3.05, 3.63) is 0 Å². The molecule has 0 bridgehead atoms. The van der Waals surface area contributed by atoms with Gasteiger partial charge < -0.3 is 0 Å². The molecule has 0 aromatic carbocycles. The molecule has 1 fully saturated rings. The van der Waals surface area contributed by atoms with Gasteiger partial charge in [0.2, 0.25) is 0 Å². The lowest BCUT2D eigenvalue weighted by Gasteiger charge is -2.05. The third kappa shape index (κ3) is 29.6. The fourth-order valence-corrected chi connectivity index (χ4v) is 0.750. The monoisotopic (exact) mass is 202 g/mol. The quantitative estimate of drug-likeness (QED) is 0.478. The van der Waals surface area contributed by atoms with Crippen LogP contribution < -0.4 is 0 Å². The topological polar surface area (TPSA) is 0 Å². The minimum absolute atomic E-state index is 1.36. The minimum atomic E-state index is 1.36. The number of hydrogen-bond donors (Lipinski definition) is 0. The van der Waals surface area contributed by atoms with Crippen LogP contribution >= 0.6 is 0 Å². The Kier molecular flexibility index (Phi) is 40.9. The first-order chi connectivity index (χ1) is 6.91. The predicted octanol–water partition coefficient (Wildman–Crippen LogP) is 6.20. The Labute approximate surface area is 93.5 Å². The van der Waals surface area contributed by atoms with E-state index in [1.807, 2.05) is 27.7 Å². The maximum atomic E-state index is 2.23. The van der Waals surface area contributed by atoms with Crippen LogP contribution in [0.4, 0.5) is 0 Å². The van der Waals surface area contributed by atoms with Crippen molar-refractivity contribution in [2.45, 2.75) is 92.9 Å². The van der Waals surface area contributed by atoms with Crippen molar-refractivity contribution in [3.8, 4) is 0 Å². The third-order valence-electron chi connectivity index (χ3n) is 1.96. The lowest BCUT2D eigenvalue weighted by molar-refractivity contribution is 0.504. The van der Waals surface area contributed by atoms with E-state index in [0.29, 0.717) is 0 Å². The highest BCUT2D eigenvalue weighted by Gasteiger charge is 1.95. The first-order valence-electron chi connectivity index (χ1n) is 6.91. The van der Waals surface area contributed by atoms with Crippen molar-refractivity contribution in [2.24, 2.45) is 0 Å². The average Bonchev–Trinajstić information content (AvgIpc) is 2.18. The van der Waals surface area contributed by atoms with Crippen LogP contribution in [0.2, 0.25) is 0 Å². The molecule has 0 nitrogen and oxygen atoms in total. The second-order valence-corrected chi connectivity index (χ2v) is 3.12. The Morgan fingerprint density at radius 1 is 0.571 bits per heavy atom. The molecule has 0 heteroatoms. The number of unbranched alkanes of at least 4 members (excludes halogenated alkanes) is 3. The smallest absolute Gasteiger partial charge is 0.0533 e. The van der Waals surface area contributed by atoms with E-state index in [2.05, 4.69) is 13.8 Å². The molecular weight excluding hydrogens is 168 g/mol. The average molecular weight is 202 g/mol. The molecule has 0 aliphatic heterocycles. The van der Waals surface area contributed by atoms with Crippen LogP contribution in [0.1, 0.15) is 92.9 Å². The van der Waals surface area contributed by atoms with Gasteiger partial charge in [-0.25, -0.2) is 0 Å². The van der Waals surface area contributed by atoms with Gasteiger partial charge in [-0.3, -0.25) is 0 Å². The Morgan fingerprint density at radius 2 is 0.786 bits per heavy atom. The molecule has 1 rings (SSSR count). The van der Waals surface area contributed by atoms with E-state index in [9.17, 15) is 0 Å². The summed E-state index contributed by atoms with van der Waals surface area (Å²) in [5.74, 6) is 0. The molecule has 14 heavy (non-hydrogen) atoms. The summed E-state index contributed by atoms with van der Waals surface area (Å²) < 4.78 is 0. The standard InChI is InChI=1S/C6H14.C4H8.2C2H6/c1-3-5-6-4-2;1-2-4-3-1;2*1-2/h3-6H2,1-2H3;1-4H2;2*1-2H3. The second kappa shape index (κ2) is 29.2. The molecular formula is C14H34. The van der Waals surface area contributed by atoms with Crippen molar-refractivity contribution < 1.29 is 0 Å². The lowest BCUT2D eigenvalue weighted by Crippen LogP contribution is -1.85. The third-order valence-corrected chi connectivity index (χ3v) is 1.96. The molecule has 1 aliphatic rings. The molecule has 0 saturated heterocycles. The van der Waals surface area contributed by atoms with Crippen LogP contribution in [0.15, 0.2) is 0 Å². The predicted molar refractivity (Wildman–Crippen MR) is 71.0 cm³/mol. The van der Waals surface area contributed by atoms with Crippen molar-refractivity contribution >= 4 is 0 Å². The van der Waals surface area contributed by atoms with Crippen molar-refractivity contribution in [1.29, 1.82) is 0 Å². The van der Waals surface area contributed by atoms with Gasteiger partial charge in [0.15, 0.2) is 0 Å². The molecule has 0 amide bonds. The van der Waals surface area contributed by atoms with Crippen molar-refractivity contribution in [1.82, 2.24) is 0 Å². The first kappa shape index (κ1) is 19.6. The second-order valence-electron chi connectivity index (χ2n) is 3.12. The van der Waals surface area contributed by atoms with Crippen molar-refractivity contribution in [2.75, 3.05) is 0 Å². The fourth-order valence-electron chi connectivity index (χ4n) is 0.750. The largest absolute Gasteiger partial charge is 0.0683 e. The van der Waals surface area contributed by atoms with E-state index in [-0.39, 0.29) is 0 Å². The van der Waals surface area contributed by atoms with E-state index in [1.54, 1.807) is 0 Å². The summed E-state index contributed by atoms with van der Waals surface area (Å²) in [5, 5.41) is 0. The highest BCUT2D eigenvalue weighted by atomic mass is 14.0. The van der Waals surface area contributed by atoms with Gasteiger partial charge in [0, 0.05) is 0 Å². The molecule has 0 aromatic rings. The zero-order valence-corrected chi connectivity index (χ0v) is 11.7. The first-order valence-corrected chi connectivity index (χ1v) is 6.91. The SMILES string of the molecule is C1CCC1.CC.CC.CCCCCC. The summed E-state index contributed by atoms with van der Waals surface area (Å²) in [7, 11) is 0.